The molecule has 0 spiro atoms. The van der Waals surface area contributed by atoms with Crippen LogP contribution >= 0.6 is 11.6 Å². The van der Waals surface area contributed by atoms with Crippen LogP contribution in [-0.4, -0.2) is 21.4 Å². The molecule has 0 fully saturated rings. The van der Waals surface area contributed by atoms with Gasteiger partial charge in [-0.3, -0.25) is 0 Å². The van der Waals surface area contributed by atoms with Crippen molar-refractivity contribution in [3.8, 4) is 17.1 Å². The van der Waals surface area contributed by atoms with Crippen LogP contribution in [0, 0.1) is 6.92 Å². The predicted molar refractivity (Wildman–Crippen MR) is 91.8 cm³/mol. The van der Waals surface area contributed by atoms with Crippen LogP contribution < -0.4 is 4.74 Å². The third-order valence-corrected chi connectivity index (χ3v) is 3.66. The average molecular weight is 328 g/mol. The number of halogens is 1. The molecule has 4 nitrogen and oxygen atoms in total. The van der Waals surface area contributed by atoms with Crippen LogP contribution in [0.5, 0.6) is 5.75 Å². The topological polar surface area (TPSA) is 39.9 Å². The van der Waals surface area contributed by atoms with Gasteiger partial charge in [-0.25, -0.2) is 9.67 Å². The molecule has 5 heteroatoms. The van der Waals surface area contributed by atoms with Crippen LogP contribution in [0.15, 0.2) is 54.6 Å². The fourth-order valence-corrected chi connectivity index (χ4v) is 2.47. The van der Waals surface area contributed by atoms with Gasteiger partial charge in [-0.05, 0) is 31.2 Å². The zero-order chi connectivity index (χ0) is 16.1. The van der Waals surface area contributed by atoms with E-state index in [1.165, 1.54) is 0 Å². The number of aromatic nitrogens is 3. The molecule has 0 aliphatic rings. The van der Waals surface area contributed by atoms with E-state index in [1.807, 2.05) is 66.2 Å². The minimum absolute atomic E-state index is 0.620. The molecule has 1 heterocycles. The Morgan fingerprint density at radius 2 is 1.78 bits per heavy atom. The highest BCUT2D eigenvalue weighted by atomic mass is 35.5. The molecule has 0 amide bonds. The highest BCUT2D eigenvalue weighted by Crippen LogP contribution is 2.18. The van der Waals surface area contributed by atoms with E-state index in [0.29, 0.717) is 11.6 Å². The second-order valence-electron chi connectivity index (χ2n) is 5.23. The third-order valence-electron chi connectivity index (χ3n) is 3.41. The predicted octanol–water partition coefficient (Wildman–Crippen LogP) is 4.38. The molecule has 0 aliphatic heterocycles. The van der Waals surface area contributed by atoms with E-state index in [1.54, 1.807) is 0 Å². The van der Waals surface area contributed by atoms with E-state index in [4.69, 9.17) is 16.3 Å². The smallest absolute Gasteiger partial charge is 0.158 e. The number of benzene rings is 2. The summed E-state index contributed by atoms with van der Waals surface area (Å²) in [6, 6.07) is 17.5. The SMILES string of the molecule is Cc1nc(-c2ccccc2)n(CCCOc2ccc(Cl)cc2)n1. The minimum atomic E-state index is 0.620. The molecule has 0 atom stereocenters. The van der Waals surface area contributed by atoms with Gasteiger partial charge in [-0.1, -0.05) is 41.9 Å². The van der Waals surface area contributed by atoms with Gasteiger partial charge >= 0.3 is 0 Å². The van der Waals surface area contributed by atoms with E-state index in [0.717, 1.165) is 35.9 Å². The fourth-order valence-electron chi connectivity index (χ4n) is 2.35. The summed E-state index contributed by atoms with van der Waals surface area (Å²) < 4.78 is 7.66. The van der Waals surface area contributed by atoms with Crippen molar-refractivity contribution < 1.29 is 4.74 Å². The Kier molecular flexibility index (Phi) is 4.93. The summed E-state index contributed by atoms with van der Waals surface area (Å²) in [5.41, 5.74) is 1.08. The molecule has 0 N–H and O–H groups in total. The number of hydrogen-bond acceptors (Lipinski definition) is 3. The number of aryl methyl sites for hydroxylation is 2. The largest absolute Gasteiger partial charge is 0.494 e. The summed E-state index contributed by atoms with van der Waals surface area (Å²) in [5, 5.41) is 5.19. The van der Waals surface area contributed by atoms with E-state index >= 15 is 0 Å². The summed E-state index contributed by atoms with van der Waals surface area (Å²) in [4.78, 5) is 4.52. The van der Waals surface area contributed by atoms with Crippen LogP contribution in [0.3, 0.4) is 0 Å². The van der Waals surface area contributed by atoms with Crippen LogP contribution in [0.25, 0.3) is 11.4 Å². The molecule has 118 valence electrons. The standard InChI is InChI=1S/C18H18ClN3O/c1-14-20-18(15-6-3-2-4-7-15)22(21-14)12-5-13-23-17-10-8-16(19)9-11-17/h2-4,6-11H,5,12-13H2,1H3. The van der Waals surface area contributed by atoms with Crippen molar-refractivity contribution in [2.45, 2.75) is 19.9 Å². The molecular weight excluding hydrogens is 310 g/mol. The molecule has 0 bridgehead atoms. The van der Waals surface area contributed by atoms with Gasteiger partial charge in [0.2, 0.25) is 0 Å². The number of ether oxygens (including phenoxy) is 1. The van der Waals surface area contributed by atoms with Crippen molar-refractivity contribution in [1.29, 1.82) is 0 Å². The lowest BCUT2D eigenvalue weighted by molar-refractivity contribution is 0.299. The second kappa shape index (κ2) is 7.29. The summed E-state index contributed by atoms with van der Waals surface area (Å²) in [6.45, 7) is 3.29. The van der Waals surface area contributed by atoms with Crippen molar-refractivity contribution >= 4 is 11.6 Å². The van der Waals surface area contributed by atoms with Crippen molar-refractivity contribution in [2.24, 2.45) is 0 Å². The monoisotopic (exact) mass is 327 g/mol. The van der Waals surface area contributed by atoms with Gasteiger partial charge in [0, 0.05) is 23.6 Å². The Morgan fingerprint density at radius 3 is 2.52 bits per heavy atom. The first kappa shape index (κ1) is 15.6. The molecule has 0 saturated heterocycles. The van der Waals surface area contributed by atoms with Gasteiger partial charge in [-0.2, -0.15) is 5.10 Å². The van der Waals surface area contributed by atoms with Crippen LogP contribution in [0.2, 0.25) is 5.02 Å². The molecule has 2 aromatic carbocycles. The number of nitrogens with zero attached hydrogens (tertiary/aromatic N) is 3. The second-order valence-corrected chi connectivity index (χ2v) is 5.66. The van der Waals surface area contributed by atoms with E-state index in [2.05, 4.69) is 10.1 Å². The summed E-state index contributed by atoms with van der Waals surface area (Å²) >= 11 is 5.86. The fraction of sp³-hybridized carbons (Fsp3) is 0.222. The maximum atomic E-state index is 5.86. The Morgan fingerprint density at radius 1 is 1.04 bits per heavy atom. The molecule has 3 aromatic rings. The molecule has 0 saturated carbocycles. The lowest BCUT2D eigenvalue weighted by atomic mass is 10.2. The maximum absolute atomic E-state index is 5.86. The molecule has 0 radical (unpaired) electrons. The Balaban J connectivity index is 1.59. The number of hydrogen-bond donors (Lipinski definition) is 0. The maximum Gasteiger partial charge on any atom is 0.158 e. The highest BCUT2D eigenvalue weighted by Gasteiger charge is 2.09. The van der Waals surface area contributed by atoms with Gasteiger partial charge < -0.3 is 4.74 Å². The Bertz CT molecular complexity index is 754. The summed E-state index contributed by atoms with van der Waals surface area (Å²) in [6.07, 6.45) is 0.852. The molecular formula is C18H18ClN3O. The summed E-state index contributed by atoms with van der Waals surface area (Å²) in [5.74, 6) is 2.50. The zero-order valence-electron chi connectivity index (χ0n) is 12.9. The van der Waals surface area contributed by atoms with E-state index in [9.17, 15) is 0 Å². The first-order chi connectivity index (χ1) is 11.2. The quantitative estimate of drug-likeness (QED) is 0.631. The molecule has 0 aliphatic carbocycles. The molecule has 23 heavy (non-hydrogen) atoms. The van der Waals surface area contributed by atoms with Crippen molar-refractivity contribution in [3.05, 3.63) is 65.4 Å². The van der Waals surface area contributed by atoms with Gasteiger partial charge in [-0.15, -0.1) is 0 Å². The normalized spacial score (nSPS) is 10.7. The highest BCUT2D eigenvalue weighted by molar-refractivity contribution is 6.30. The van der Waals surface area contributed by atoms with Gasteiger partial charge in [0.15, 0.2) is 5.82 Å². The third kappa shape index (κ3) is 4.11. The van der Waals surface area contributed by atoms with Crippen molar-refractivity contribution in [1.82, 2.24) is 14.8 Å². The molecule has 1 aromatic heterocycles. The summed E-state index contributed by atoms with van der Waals surface area (Å²) in [7, 11) is 0. The number of rotatable bonds is 6. The van der Waals surface area contributed by atoms with Crippen LogP contribution in [0.1, 0.15) is 12.2 Å². The Hall–Kier alpha value is -2.33. The Labute approximate surface area is 140 Å². The average Bonchev–Trinajstić information content (AvgIpc) is 2.95. The lowest BCUT2D eigenvalue weighted by Gasteiger charge is -2.08. The van der Waals surface area contributed by atoms with Crippen molar-refractivity contribution in [3.63, 3.8) is 0 Å². The van der Waals surface area contributed by atoms with Crippen LogP contribution in [0.4, 0.5) is 0 Å². The lowest BCUT2D eigenvalue weighted by Crippen LogP contribution is -2.07. The van der Waals surface area contributed by atoms with Crippen LogP contribution in [-0.2, 0) is 6.54 Å². The zero-order valence-corrected chi connectivity index (χ0v) is 13.7. The van der Waals surface area contributed by atoms with Gasteiger partial charge in [0.1, 0.15) is 11.6 Å². The first-order valence-corrected chi connectivity index (χ1v) is 7.95. The molecule has 3 rings (SSSR count). The van der Waals surface area contributed by atoms with Gasteiger partial charge in [0.05, 0.1) is 6.61 Å². The molecule has 0 unspecified atom stereocenters. The van der Waals surface area contributed by atoms with E-state index < -0.39 is 0 Å². The first-order valence-electron chi connectivity index (χ1n) is 7.57. The minimum Gasteiger partial charge on any atom is -0.494 e. The van der Waals surface area contributed by atoms with Crippen molar-refractivity contribution in [2.75, 3.05) is 6.61 Å². The van der Waals surface area contributed by atoms with E-state index in [-0.39, 0.29) is 0 Å². The van der Waals surface area contributed by atoms with Gasteiger partial charge in [0.25, 0.3) is 0 Å².